The van der Waals surface area contributed by atoms with Crippen molar-refractivity contribution in [3.8, 4) is 0 Å². The summed E-state index contributed by atoms with van der Waals surface area (Å²) in [6.45, 7) is 3.62. The molecule has 3 N–H and O–H groups in total. The lowest BCUT2D eigenvalue weighted by molar-refractivity contribution is -0.122. The minimum atomic E-state index is -0.631. The molecule has 0 aromatic carbocycles. The largest absolute Gasteiger partial charge is 0.467 e. The zero-order chi connectivity index (χ0) is 19.1. The molecule has 0 aliphatic carbocycles. The molecule has 0 spiro atoms. The fourth-order valence-electron chi connectivity index (χ4n) is 3.02. The molecule has 1 aliphatic rings. The first-order valence-corrected chi connectivity index (χ1v) is 9.15. The molecule has 144 valence electrons. The predicted molar refractivity (Wildman–Crippen MR) is 101 cm³/mol. The second-order valence-corrected chi connectivity index (χ2v) is 6.59. The number of nitrogens with one attached hydrogen (secondary N) is 3. The van der Waals surface area contributed by atoms with Crippen LogP contribution in [-0.2, 0) is 11.3 Å². The van der Waals surface area contributed by atoms with Gasteiger partial charge in [-0.3, -0.25) is 4.79 Å². The number of rotatable bonds is 6. The van der Waals surface area contributed by atoms with E-state index in [1.807, 2.05) is 18.2 Å². The standard InChI is InChI=1S/C19H25N5O3/c1-14(18(25)21-13-16-5-4-12-27-16)22-19(26)23-15-7-10-24(11-8-15)17-6-2-3-9-20-17/h2-6,9,12,14-15H,7-8,10-11,13H2,1H3,(H,21,25)(H2,22,23,26). The number of hydrogen-bond donors (Lipinski definition) is 3. The van der Waals surface area contributed by atoms with Crippen LogP contribution in [0.5, 0.6) is 0 Å². The Morgan fingerprint density at radius 2 is 2.07 bits per heavy atom. The van der Waals surface area contributed by atoms with Crippen molar-refractivity contribution in [1.82, 2.24) is 20.9 Å². The van der Waals surface area contributed by atoms with Crippen molar-refractivity contribution in [2.24, 2.45) is 0 Å². The summed E-state index contributed by atoms with van der Waals surface area (Å²) in [4.78, 5) is 30.8. The van der Waals surface area contributed by atoms with E-state index >= 15 is 0 Å². The van der Waals surface area contributed by atoms with Crippen LogP contribution in [0.15, 0.2) is 47.2 Å². The number of piperidine rings is 1. The molecule has 1 fully saturated rings. The number of pyridine rings is 1. The van der Waals surface area contributed by atoms with E-state index in [0.29, 0.717) is 12.3 Å². The SMILES string of the molecule is CC(NC(=O)NC1CCN(c2ccccn2)CC1)C(=O)NCc1ccco1. The van der Waals surface area contributed by atoms with Crippen molar-refractivity contribution in [2.75, 3.05) is 18.0 Å². The summed E-state index contributed by atoms with van der Waals surface area (Å²) >= 11 is 0. The maximum absolute atomic E-state index is 12.2. The van der Waals surface area contributed by atoms with Crippen LogP contribution in [0.25, 0.3) is 0 Å². The molecule has 1 atom stereocenters. The van der Waals surface area contributed by atoms with E-state index in [2.05, 4.69) is 25.8 Å². The van der Waals surface area contributed by atoms with E-state index in [1.54, 1.807) is 31.5 Å². The van der Waals surface area contributed by atoms with Gasteiger partial charge in [-0.1, -0.05) is 6.07 Å². The number of carbonyl (C=O) groups is 2. The lowest BCUT2D eigenvalue weighted by atomic mass is 10.1. The zero-order valence-electron chi connectivity index (χ0n) is 15.4. The Morgan fingerprint density at radius 1 is 1.26 bits per heavy atom. The molecule has 8 heteroatoms. The Kier molecular flexibility index (Phi) is 6.30. The van der Waals surface area contributed by atoms with Gasteiger partial charge in [0.1, 0.15) is 17.6 Å². The highest BCUT2D eigenvalue weighted by Crippen LogP contribution is 2.17. The van der Waals surface area contributed by atoms with Gasteiger partial charge < -0.3 is 25.3 Å². The quantitative estimate of drug-likeness (QED) is 0.717. The minimum Gasteiger partial charge on any atom is -0.467 e. The average Bonchev–Trinajstić information content (AvgIpc) is 3.21. The van der Waals surface area contributed by atoms with Crippen molar-refractivity contribution in [1.29, 1.82) is 0 Å². The second-order valence-electron chi connectivity index (χ2n) is 6.59. The molecule has 1 aliphatic heterocycles. The zero-order valence-corrected chi connectivity index (χ0v) is 15.4. The van der Waals surface area contributed by atoms with Crippen molar-refractivity contribution in [3.05, 3.63) is 48.6 Å². The number of nitrogens with zero attached hydrogens (tertiary/aromatic N) is 2. The van der Waals surface area contributed by atoms with E-state index < -0.39 is 6.04 Å². The fraction of sp³-hybridized carbons (Fsp3) is 0.421. The van der Waals surface area contributed by atoms with Crippen molar-refractivity contribution >= 4 is 17.8 Å². The fourth-order valence-corrected chi connectivity index (χ4v) is 3.02. The summed E-state index contributed by atoms with van der Waals surface area (Å²) < 4.78 is 5.16. The number of aromatic nitrogens is 1. The maximum Gasteiger partial charge on any atom is 0.315 e. The predicted octanol–water partition coefficient (Wildman–Crippen LogP) is 1.65. The third kappa shape index (κ3) is 5.47. The Morgan fingerprint density at radius 3 is 2.74 bits per heavy atom. The molecule has 3 amide bonds. The van der Waals surface area contributed by atoms with Gasteiger partial charge in [-0.2, -0.15) is 0 Å². The van der Waals surface area contributed by atoms with Gasteiger partial charge in [0.25, 0.3) is 0 Å². The normalized spacial score (nSPS) is 15.8. The second kappa shape index (κ2) is 9.07. The van der Waals surface area contributed by atoms with E-state index in [-0.39, 0.29) is 18.0 Å². The van der Waals surface area contributed by atoms with Gasteiger partial charge in [0.15, 0.2) is 0 Å². The topological polar surface area (TPSA) is 99.5 Å². The summed E-state index contributed by atoms with van der Waals surface area (Å²) in [6, 6.07) is 8.53. The van der Waals surface area contributed by atoms with Crippen LogP contribution in [0, 0.1) is 0 Å². The van der Waals surface area contributed by atoms with Gasteiger partial charge >= 0.3 is 6.03 Å². The van der Waals surface area contributed by atoms with Gasteiger partial charge in [0.05, 0.1) is 12.8 Å². The van der Waals surface area contributed by atoms with Crippen molar-refractivity contribution in [3.63, 3.8) is 0 Å². The molecule has 2 aromatic rings. The summed E-state index contributed by atoms with van der Waals surface area (Å²) in [6.07, 6.45) is 5.01. The summed E-state index contributed by atoms with van der Waals surface area (Å²) in [5.74, 6) is 1.37. The van der Waals surface area contributed by atoms with E-state index in [1.165, 1.54) is 0 Å². The Labute approximate surface area is 158 Å². The monoisotopic (exact) mass is 371 g/mol. The summed E-state index contributed by atoms with van der Waals surface area (Å²) in [5, 5.41) is 8.36. The number of anilines is 1. The molecule has 0 saturated carbocycles. The lowest BCUT2D eigenvalue weighted by Crippen LogP contribution is -2.52. The van der Waals surface area contributed by atoms with Crippen LogP contribution in [0.3, 0.4) is 0 Å². The maximum atomic E-state index is 12.2. The highest BCUT2D eigenvalue weighted by Gasteiger charge is 2.23. The van der Waals surface area contributed by atoms with Gasteiger partial charge in [-0.15, -0.1) is 0 Å². The number of amides is 3. The molecule has 3 heterocycles. The van der Waals surface area contributed by atoms with E-state index in [4.69, 9.17) is 4.42 Å². The number of furan rings is 1. The minimum absolute atomic E-state index is 0.0864. The molecule has 27 heavy (non-hydrogen) atoms. The van der Waals surface area contributed by atoms with Crippen molar-refractivity contribution < 1.29 is 14.0 Å². The first kappa shape index (κ1) is 18.8. The Hall–Kier alpha value is -3.03. The molecule has 8 nitrogen and oxygen atoms in total. The van der Waals surface area contributed by atoms with Gasteiger partial charge in [0.2, 0.25) is 5.91 Å². The van der Waals surface area contributed by atoms with Crippen molar-refractivity contribution in [2.45, 2.75) is 38.4 Å². The number of urea groups is 1. The Bertz CT molecular complexity index is 727. The highest BCUT2D eigenvalue weighted by atomic mass is 16.3. The molecular weight excluding hydrogens is 346 g/mol. The highest BCUT2D eigenvalue weighted by molar-refractivity contribution is 5.86. The average molecular weight is 371 g/mol. The smallest absolute Gasteiger partial charge is 0.315 e. The van der Waals surface area contributed by atoms with Crippen LogP contribution in [0.1, 0.15) is 25.5 Å². The molecule has 3 rings (SSSR count). The molecule has 1 saturated heterocycles. The third-order valence-electron chi connectivity index (χ3n) is 4.56. The van der Waals surface area contributed by atoms with Gasteiger partial charge in [-0.05, 0) is 44.0 Å². The molecule has 1 unspecified atom stereocenters. The van der Waals surface area contributed by atoms with Crippen LogP contribution in [-0.4, -0.2) is 42.1 Å². The van der Waals surface area contributed by atoms with E-state index in [0.717, 1.165) is 31.7 Å². The third-order valence-corrected chi connectivity index (χ3v) is 4.56. The molecule has 0 bridgehead atoms. The van der Waals surface area contributed by atoms with Crippen LogP contribution >= 0.6 is 0 Å². The molecule has 2 aromatic heterocycles. The summed E-state index contributed by atoms with van der Waals surface area (Å²) in [7, 11) is 0. The van der Waals surface area contributed by atoms with Crippen LogP contribution in [0.4, 0.5) is 10.6 Å². The van der Waals surface area contributed by atoms with Crippen LogP contribution < -0.4 is 20.9 Å². The van der Waals surface area contributed by atoms with Gasteiger partial charge in [-0.25, -0.2) is 9.78 Å². The number of hydrogen-bond acceptors (Lipinski definition) is 5. The van der Waals surface area contributed by atoms with Gasteiger partial charge in [0, 0.05) is 25.3 Å². The molecule has 0 radical (unpaired) electrons. The van der Waals surface area contributed by atoms with Crippen LogP contribution in [0.2, 0.25) is 0 Å². The first-order valence-electron chi connectivity index (χ1n) is 9.15. The lowest BCUT2D eigenvalue weighted by Gasteiger charge is -2.33. The first-order chi connectivity index (χ1) is 13.1. The Balaban J connectivity index is 1.37. The summed E-state index contributed by atoms with van der Waals surface area (Å²) in [5.41, 5.74) is 0. The number of carbonyl (C=O) groups excluding carboxylic acids is 2. The van der Waals surface area contributed by atoms with E-state index in [9.17, 15) is 9.59 Å². The molecular formula is C19H25N5O3.